The first-order valence-electron chi connectivity index (χ1n) is 5.73. The fourth-order valence-corrected chi connectivity index (χ4v) is 3.00. The molecule has 1 aliphatic carbocycles. The van der Waals surface area contributed by atoms with Crippen molar-refractivity contribution in [2.24, 2.45) is 0 Å². The van der Waals surface area contributed by atoms with E-state index in [-0.39, 0.29) is 5.25 Å². The summed E-state index contributed by atoms with van der Waals surface area (Å²) in [5, 5.41) is -0.140. The summed E-state index contributed by atoms with van der Waals surface area (Å²) in [6.45, 7) is 0.463. The van der Waals surface area contributed by atoms with E-state index in [1.165, 1.54) is 0 Å². The van der Waals surface area contributed by atoms with Gasteiger partial charge in [-0.25, -0.2) is 13.1 Å². The van der Waals surface area contributed by atoms with Crippen molar-refractivity contribution in [2.45, 2.75) is 24.5 Å². The maximum atomic E-state index is 11.6. The molecule has 0 unspecified atom stereocenters. The molecule has 0 bridgehead atoms. The van der Waals surface area contributed by atoms with Crippen molar-refractivity contribution in [3.8, 4) is 5.75 Å². The Balaban J connectivity index is 1.81. The van der Waals surface area contributed by atoms with Crippen LogP contribution in [0.2, 0.25) is 0 Å². The number of rotatable bonds is 6. The summed E-state index contributed by atoms with van der Waals surface area (Å²) in [4.78, 5) is 0. The maximum Gasteiger partial charge on any atom is 0.214 e. The zero-order valence-corrected chi connectivity index (χ0v) is 10.7. The quantitative estimate of drug-likeness (QED) is 0.834. The SMILES string of the molecule is COc1ccc(CCNS(=O)(=O)C2CC2)cc1. The van der Waals surface area contributed by atoms with Gasteiger partial charge in [-0.3, -0.25) is 0 Å². The molecule has 0 aromatic heterocycles. The van der Waals surface area contributed by atoms with Crippen LogP contribution in [-0.4, -0.2) is 27.3 Å². The van der Waals surface area contributed by atoms with Crippen molar-refractivity contribution in [3.63, 3.8) is 0 Å². The van der Waals surface area contributed by atoms with Crippen molar-refractivity contribution in [3.05, 3.63) is 29.8 Å². The van der Waals surface area contributed by atoms with Crippen LogP contribution in [0.3, 0.4) is 0 Å². The Morgan fingerprint density at radius 2 is 1.94 bits per heavy atom. The van der Waals surface area contributed by atoms with Crippen LogP contribution in [-0.2, 0) is 16.4 Å². The van der Waals surface area contributed by atoms with E-state index in [1.807, 2.05) is 24.3 Å². The summed E-state index contributed by atoms with van der Waals surface area (Å²) >= 11 is 0. The lowest BCUT2D eigenvalue weighted by Crippen LogP contribution is -2.29. The highest BCUT2D eigenvalue weighted by Gasteiger charge is 2.35. The fourth-order valence-electron chi connectivity index (χ4n) is 1.63. The van der Waals surface area contributed by atoms with E-state index in [2.05, 4.69) is 4.72 Å². The first-order valence-corrected chi connectivity index (χ1v) is 7.28. The second kappa shape index (κ2) is 5.06. The first kappa shape index (κ1) is 12.4. The predicted octanol–water partition coefficient (Wildman–Crippen LogP) is 1.32. The third kappa shape index (κ3) is 3.44. The van der Waals surface area contributed by atoms with E-state index in [9.17, 15) is 8.42 Å². The number of nitrogens with one attached hydrogen (secondary N) is 1. The number of ether oxygens (including phenoxy) is 1. The van der Waals surface area contributed by atoms with Crippen LogP contribution in [0.5, 0.6) is 5.75 Å². The predicted molar refractivity (Wildman–Crippen MR) is 66.6 cm³/mol. The molecule has 2 rings (SSSR count). The van der Waals surface area contributed by atoms with Crippen LogP contribution >= 0.6 is 0 Å². The lowest BCUT2D eigenvalue weighted by molar-refractivity contribution is 0.414. The Morgan fingerprint density at radius 3 is 2.47 bits per heavy atom. The van der Waals surface area contributed by atoms with Gasteiger partial charge in [-0.05, 0) is 37.0 Å². The van der Waals surface area contributed by atoms with Crippen LogP contribution in [0.4, 0.5) is 0 Å². The minimum atomic E-state index is -3.04. The Hall–Kier alpha value is -1.07. The van der Waals surface area contributed by atoms with Crippen molar-refractivity contribution < 1.29 is 13.2 Å². The van der Waals surface area contributed by atoms with E-state index >= 15 is 0 Å². The highest BCUT2D eigenvalue weighted by atomic mass is 32.2. The Morgan fingerprint density at radius 1 is 1.29 bits per heavy atom. The maximum absolute atomic E-state index is 11.6. The number of benzene rings is 1. The molecule has 1 aromatic rings. The average Bonchev–Trinajstić information content (AvgIpc) is 3.14. The van der Waals surface area contributed by atoms with Crippen molar-refractivity contribution in [2.75, 3.05) is 13.7 Å². The summed E-state index contributed by atoms with van der Waals surface area (Å²) in [5.74, 6) is 0.812. The summed E-state index contributed by atoms with van der Waals surface area (Å²) in [5.41, 5.74) is 1.10. The third-order valence-electron chi connectivity index (χ3n) is 2.84. The largest absolute Gasteiger partial charge is 0.497 e. The van der Waals surface area contributed by atoms with Gasteiger partial charge in [0.15, 0.2) is 0 Å². The van der Waals surface area contributed by atoms with Gasteiger partial charge in [0, 0.05) is 6.54 Å². The zero-order valence-electron chi connectivity index (χ0n) is 9.85. The van der Waals surface area contributed by atoms with Gasteiger partial charge in [0.05, 0.1) is 12.4 Å². The molecule has 1 N–H and O–H groups in total. The second-order valence-corrected chi connectivity index (χ2v) is 6.28. The molecule has 0 radical (unpaired) electrons. The Labute approximate surface area is 102 Å². The molecule has 0 aliphatic heterocycles. The number of hydrogen-bond acceptors (Lipinski definition) is 3. The van der Waals surface area contributed by atoms with Gasteiger partial charge < -0.3 is 4.74 Å². The van der Waals surface area contributed by atoms with Crippen molar-refractivity contribution >= 4 is 10.0 Å². The van der Waals surface area contributed by atoms with Crippen LogP contribution in [0, 0.1) is 0 Å². The minimum absolute atomic E-state index is 0.140. The minimum Gasteiger partial charge on any atom is -0.497 e. The molecule has 0 saturated heterocycles. The highest BCUT2D eigenvalue weighted by molar-refractivity contribution is 7.90. The zero-order chi connectivity index (χ0) is 12.3. The molecule has 1 fully saturated rings. The lowest BCUT2D eigenvalue weighted by Gasteiger charge is -2.06. The first-order chi connectivity index (χ1) is 8.12. The molecule has 0 amide bonds. The van der Waals surface area contributed by atoms with E-state index < -0.39 is 10.0 Å². The number of sulfonamides is 1. The summed E-state index contributed by atoms with van der Waals surface area (Å²) in [6.07, 6.45) is 2.31. The molecule has 4 nitrogen and oxygen atoms in total. The molecule has 1 aliphatic rings. The van der Waals surface area contributed by atoms with Crippen LogP contribution < -0.4 is 9.46 Å². The van der Waals surface area contributed by atoms with Crippen LogP contribution in [0.1, 0.15) is 18.4 Å². The Bertz CT molecular complexity index is 463. The molecular weight excluding hydrogens is 238 g/mol. The van der Waals surface area contributed by atoms with Gasteiger partial charge in [0.2, 0.25) is 10.0 Å². The van der Waals surface area contributed by atoms with Gasteiger partial charge in [0.1, 0.15) is 5.75 Å². The van der Waals surface area contributed by atoms with E-state index in [0.717, 1.165) is 24.2 Å². The molecule has 94 valence electrons. The third-order valence-corrected chi connectivity index (χ3v) is 4.79. The number of methoxy groups -OCH3 is 1. The summed E-state index contributed by atoms with van der Waals surface area (Å²) < 4.78 is 30.8. The normalized spacial score (nSPS) is 15.8. The van der Waals surface area contributed by atoms with Crippen LogP contribution in [0.15, 0.2) is 24.3 Å². The van der Waals surface area contributed by atoms with E-state index in [1.54, 1.807) is 7.11 Å². The number of hydrogen-bond donors (Lipinski definition) is 1. The lowest BCUT2D eigenvalue weighted by atomic mass is 10.1. The molecule has 0 spiro atoms. The smallest absolute Gasteiger partial charge is 0.214 e. The molecule has 0 atom stereocenters. The highest BCUT2D eigenvalue weighted by Crippen LogP contribution is 2.27. The summed E-state index contributed by atoms with van der Waals surface area (Å²) in [6, 6.07) is 7.66. The molecule has 1 saturated carbocycles. The molecule has 0 heterocycles. The monoisotopic (exact) mass is 255 g/mol. The summed E-state index contributed by atoms with van der Waals surface area (Å²) in [7, 11) is -1.42. The molecule has 17 heavy (non-hydrogen) atoms. The Kier molecular flexibility index (Phi) is 3.69. The standard InChI is InChI=1S/C12H17NO3S/c1-16-11-4-2-10(3-5-11)8-9-13-17(14,15)12-6-7-12/h2-5,12-13H,6-9H2,1H3. The van der Waals surface area contributed by atoms with E-state index in [4.69, 9.17) is 4.74 Å². The van der Waals surface area contributed by atoms with Gasteiger partial charge in [-0.15, -0.1) is 0 Å². The van der Waals surface area contributed by atoms with Crippen molar-refractivity contribution in [1.29, 1.82) is 0 Å². The average molecular weight is 255 g/mol. The molecular formula is C12H17NO3S. The molecule has 5 heteroatoms. The van der Waals surface area contributed by atoms with Gasteiger partial charge in [0.25, 0.3) is 0 Å². The molecule has 1 aromatic carbocycles. The fraction of sp³-hybridized carbons (Fsp3) is 0.500. The van der Waals surface area contributed by atoms with Crippen molar-refractivity contribution in [1.82, 2.24) is 4.72 Å². The second-order valence-electron chi connectivity index (χ2n) is 4.24. The van der Waals surface area contributed by atoms with Gasteiger partial charge >= 0.3 is 0 Å². The van der Waals surface area contributed by atoms with E-state index in [0.29, 0.717) is 13.0 Å². The van der Waals surface area contributed by atoms with Gasteiger partial charge in [-0.2, -0.15) is 0 Å². The van der Waals surface area contributed by atoms with Gasteiger partial charge in [-0.1, -0.05) is 12.1 Å². The van der Waals surface area contributed by atoms with Crippen LogP contribution in [0.25, 0.3) is 0 Å². The topological polar surface area (TPSA) is 55.4 Å².